The highest BCUT2D eigenvalue weighted by molar-refractivity contribution is 6.01. The maximum absolute atomic E-state index is 14.1. The van der Waals surface area contributed by atoms with Gasteiger partial charge < -0.3 is 20.4 Å². The molecule has 9 atom stereocenters. The van der Waals surface area contributed by atoms with Gasteiger partial charge in [-0.1, -0.05) is 41.5 Å². The van der Waals surface area contributed by atoms with Gasteiger partial charge in [0.15, 0.2) is 5.78 Å². The fourth-order valence-electron chi connectivity index (χ4n) is 9.16. The number of allylic oxidation sites excluding steroid dienone is 1. The Kier molecular flexibility index (Phi) is 6.74. The summed E-state index contributed by atoms with van der Waals surface area (Å²) in [5.41, 5.74) is -1.26. The number of carboxylic acids is 1. The van der Waals surface area contributed by atoms with Crippen LogP contribution in [-0.4, -0.2) is 56.3 Å². The van der Waals surface area contributed by atoms with Crippen molar-refractivity contribution in [1.82, 2.24) is 0 Å². The second-order valence-corrected chi connectivity index (χ2v) is 13.7. The van der Waals surface area contributed by atoms with Crippen molar-refractivity contribution >= 4 is 17.5 Å². The fourth-order valence-corrected chi connectivity index (χ4v) is 9.16. The van der Waals surface area contributed by atoms with Gasteiger partial charge in [0.05, 0.1) is 18.3 Å². The second-order valence-electron chi connectivity index (χ2n) is 13.7. The minimum absolute atomic E-state index is 0.000148. The first kappa shape index (κ1) is 28.2. The monoisotopic (exact) mass is 516 g/mol. The number of aliphatic hydroxyl groups is 3. The number of fused-ring (bicyclic) bond motifs is 4. The lowest BCUT2D eigenvalue weighted by Crippen LogP contribution is -2.60. The zero-order valence-electron chi connectivity index (χ0n) is 23.3. The average Bonchev–Trinajstić information content (AvgIpc) is 2.99. The molecule has 0 spiro atoms. The maximum Gasteiger partial charge on any atom is 0.331 e. The van der Waals surface area contributed by atoms with E-state index in [1.165, 1.54) is 13.0 Å². The maximum atomic E-state index is 14.1. The molecule has 5 unspecified atom stereocenters. The molecule has 4 N–H and O–H groups in total. The number of aliphatic hydroxyl groups excluding tert-OH is 3. The first-order valence-electron chi connectivity index (χ1n) is 13.7. The number of rotatable bonds is 5. The van der Waals surface area contributed by atoms with E-state index in [0.717, 1.165) is 0 Å². The molecule has 4 aliphatic rings. The molecular formula is C30H44O7. The van der Waals surface area contributed by atoms with E-state index in [2.05, 4.69) is 6.92 Å². The number of carboxylic acid groups (broad SMARTS) is 1. The minimum Gasteiger partial charge on any atom is -0.478 e. The van der Waals surface area contributed by atoms with Gasteiger partial charge in [0.1, 0.15) is 5.78 Å². The smallest absolute Gasteiger partial charge is 0.331 e. The lowest BCUT2D eigenvalue weighted by Gasteiger charge is -2.61. The molecule has 4 aliphatic carbocycles. The van der Waals surface area contributed by atoms with E-state index in [9.17, 15) is 29.7 Å². The third-order valence-electron chi connectivity index (χ3n) is 11.5. The van der Waals surface area contributed by atoms with Crippen molar-refractivity contribution in [3.8, 4) is 0 Å². The topological polar surface area (TPSA) is 132 Å². The minimum atomic E-state index is -1.08. The van der Waals surface area contributed by atoms with Crippen LogP contribution < -0.4 is 0 Å². The van der Waals surface area contributed by atoms with Gasteiger partial charge in [-0.15, -0.1) is 0 Å². The van der Waals surface area contributed by atoms with Crippen molar-refractivity contribution in [3.63, 3.8) is 0 Å². The first-order chi connectivity index (χ1) is 16.9. The standard InChI is InChI=1S/C30H44O7/c1-15(10-17(31)11-16(2)26(36)37)18-12-23(35)30(7)25-19(32)13-21-27(3,4)22(34)8-9-28(21,5)24(25)20(33)14-29(18,30)6/h11,15,17-19,21,23,31-32,35H,8-10,12-14H2,1-7H3,(H,36,37)/b16-11+/t15-,17?,18?,19-,21?,23+,28?,29?,30+/m1/s1. The second kappa shape index (κ2) is 8.85. The van der Waals surface area contributed by atoms with Crippen LogP contribution >= 0.6 is 0 Å². The molecule has 0 amide bonds. The molecule has 0 radical (unpaired) electrons. The molecule has 4 rings (SSSR count). The van der Waals surface area contributed by atoms with Gasteiger partial charge in [0.2, 0.25) is 0 Å². The summed E-state index contributed by atoms with van der Waals surface area (Å²) in [4.78, 5) is 38.1. The van der Waals surface area contributed by atoms with Crippen LogP contribution in [0.2, 0.25) is 0 Å². The predicted octanol–water partition coefficient (Wildman–Crippen LogP) is 3.84. The van der Waals surface area contributed by atoms with Crippen LogP contribution in [-0.2, 0) is 14.4 Å². The summed E-state index contributed by atoms with van der Waals surface area (Å²) in [5.74, 6) is -1.27. The van der Waals surface area contributed by atoms with Crippen LogP contribution in [0.4, 0.5) is 0 Å². The first-order valence-corrected chi connectivity index (χ1v) is 13.7. The Hall–Kier alpha value is -1.83. The van der Waals surface area contributed by atoms with Crippen molar-refractivity contribution in [1.29, 1.82) is 0 Å². The molecule has 0 aromatic heterocycles. The molecule has 0 saturated heterocycles. The lowest BCUT2D eigenvalue weighted by molar-refractivity contribution is -0.146. The summed E-state index contributed by atoms with van der Waals surface area (Å²) in [5, 5.41) is 43.0. The highest BCUT2D eigenvalue weighted by atomic mass is 16.4. The van der Waals surface area contributed by atoms with Crippen LogP contribution in [0.1, 0.15) is 87.0 Å². The highest BCUT2D eigenvalue weighted by Gasteiger charge is 2.70. The van der Waals surface area contributed by atoms with Gasteiger partial charge in [-0.3, -0.25) is 9.59 Å². The van der Waals surface area contributed by atoms with Crippen molar-refractivity contribution in [2.24, 2.45) is 39.4 Å². The van der Waals surface area contributed by atoms with Crippen molar-refractivity contribution in [2.75, 3.05) is 0 Å². The van der Waals surface area contributed by atoms with E-state index in [4.69, 9.17) is 5.11 Å². The van der Waals surface area contributed by atoms with E-state index in [1.54, 1.807) is 0 Å². The zero-order valence-corrected chi connectivity index (χ0v) is 23.3. The Morgan fingerprint density at radius 1 is 1.11 bits per heavy atom. The Labute approximate surface area is 220 Å². The summed E-state index contributed by atoms with van der Waals surface area (Å²) in [6.45, 7) is 13.4. The van der Waals surface area contributed by atoms with Gasteiger partial charge in [-0.25, -0.2) is 4.79 Å². The average molecular weight is 517 g/mol. The van der Waals surface area contributed by atoms with Gasteiger partial charge in [0, 0.05) is 40.2 Å². The molecule has 2 fully saturated rings. The Balaban J connectivity index is 1.77. The summed E-state index contributed by atoms with van der Waals surface area (Å²) < 4.78 is 0. The fraction of sp³-hybridized carbons (Fsp3) is 0.767. The van der Waals surface area contributed by atoms with E-state index < -0.39 is 45.9 Å². The van der Waals surface area contributed by atoms with Crippen molar-refractivity contribution < 1.29 is 34.8 Å². The summed E-state index contributed by atoms with van der Waals surface area (Å²) in [7, 11) is 0. The van der Waals surface area contributed by atoms with Crippen molar-refractivity contribution in [3.05, 3.63) is 22.8 Å². The van der Waals surface area contributed by atoms with E-state index in [0.29, 0.717) is 43.3 Å². The molecule has 2 saturated carbocycles. The largest absolute Gasteiger partial charge is 0.478 e. The molecular weight excluding hydrogens is 472 g/mol. The van der Waals surface area contributed by atoms with E-state index in [-0.39, 0.29) is 41.3 Å². The number of ketones is 2. The molecule has 0 aliphatic heterocycles. The summed E-state index contributed by atoms with van der Waals surface area (Å²) >= 11 is 0. The third-order valence-corrected chi connectivity index (χ3v) is 11.5. The number of carbonyl (C=O) groups excluding carboxylic acids is 2. The van der Waals surface area contributed by atoms with Crippen LogP contribution in [0.15, 0.2) is 22.8 Å². The van der Waals surface area contributed by atoms with Crippen LogP contribution in [0, 0.1) is 39.4 Å². The quantitative estimate of drug-likeness (QED) is 0.408. The molecule has 7 heteroatoms. The van der Waals surface area contributed by atoms with Gasteiger partial charge in [0.25, 0.3) is 0 Å². The molecule has 7 nitrogen and oxygen atoms in total. The SMILES string of the molecule is C/C(=C\C(O)C[C@@H](C)C1C[C@H](O)[C@@]2(C)C3=C(C(=O)CC12C)C1(C)CCC(=O)C(C)(C)C1C[C@H]3O)C(=O)O. The van der Waals surface area contributed by atoms with E-state index in [1.807, 2.05) is 34.6 Å². The molecule has 37 heavy (non-hydrogen) atoms. The van der Waals surface area contributed by atoms with Gasteiger partial charge in [-0.2, -0.15) is 0 Å². The van der Waals surface area contributed by atoms with Crippen LogP contribution in [0.25, 0.3) is 0 Å². The van der Waals surface area contributed by atoms with Gasteiger partial charge >= 0.3 is 5.97 Å². The summed E-state index contributed by atoms with van der Waals surface area (Å²) in [6, 6.07) is 0. The van der Waals surface area contributed by atoms with Crippen molar-refractivity contribution in [2.45, 2.75) is 105 Å². The molecule has 0 aromatic carbocycles. The molecule has 0 aromatic rings. The predicted molar refractivity (Wildman–Crippen MR) is 138 cm³/mol. The number of Topliss-reactive ketones (excluding diaryl/α,β-unsaturated/α-hetero) is 2. The molecule has 0 bridgehead atoms. The highest BCUT2D eigenvalue weighted by Crippen LogP contribution is 2.71. The molecule has 206 valence electrons. The van der Waals surface area contributed by atoms with Crippen LogP contribution in [0.5, 0.6) is 0 Å². The Morgan fingerprint density at radius 2 is 1.73 bits per heavy atom. The Morgan fingerprint density at radius 3 is 2.32 bits per heavy atom. The summed E-state index contributed by atoms with van der Waals surface area (Å²) in [6.07, 6.45) is 1.04. The number of hydrogen-bond donors (Lipinski definition) is 4. The number of carbonyl (C=O) groups is 3. The number of aliphatic carboxylic acids is 1. The zero-order chi connectivity index (χ0) is 27.9. The van der Waals surface area contributed by atoms with E-state index >= 15 is 0 Å². The normalized spacial score (nSPS) is 43.1. The van der Waals surface area contributed by atoms with Crippen LogP contribution in [0.3, 0.4) is 0 Å². The van der Waals surface area contributed by atoms with Gasteiger partial charge in [-0.05, 0) is 67.4 Å². The molecule has 0 heterocycles. The number of hydrogen-bond acceptors (Lipinski definition) is 6. The Bertz CT molecular complexity index is 1090. The lowest BCUT2D eigenvalue weighted by atomic mass is 9.42. The third kappa shape index (κ3) is 3.82.